The number of nitrogens with zero attached hydrogens (tertiary/aromatic N) is 4. The van der Waals surface area contributed by atoms with Crippen molar-refractivity contribution in [3.8, 4) is 33.8 Å². The zero-order valence-corrected chi connectivity index (χ0v) is 50.1. The molecule has 0 saturated heterocycles. The van der Waals surface area contributed by atoms with Crippen molar-refractivity contribution in [2.24, 2.45) is 0 Å². The van der Waals surface area contributed by atoms with Gasteiger partial charge in [-0.3, -0.25) is 9.59 Å². The number of hydrogen-bond acceptors (Lipinski definition) is 10. The number of imidazole rings is 2. The first kappa shape index (κ1) is 62.3. The Bertz CT molecular complexity index is 3380. The van der Waals surface area contributed by atoms with Gasteiger partial charge in [0.15, 0.2) is 21.3 Å². The topological polar surface area (TPSA) is 177 Å². The molecule has 0 spiro atoms. The van der Waals surface area contributed by atoms with Crippen molar-refractivity contribution < 1.29 is 37.6 Å². The monoisotopic (exact) mass is 1170 g/mol. The molecule has 0 bridgehead atoms. The van der Waals surface area contributed by atoms with Crippen molar-refractivity contribution >= 4 is 57.7 Å². The van der Waals surface area contributed by atoms with Crippen LogP contribution >= 0.6 is 0 Å². The summed E-state index contributed by atoms with van der Waals surface area (Å²) in [5, 5.41) is 5.83. The molecular formula is C68H76N6O8S2. The molecule has 0 unspecified atom stereocenters. The predicted octanol–water partition coefficient (Wildman–Crippen LogP) is 13.8. The van der Waals surface area contributed by atoms with Crippen LogP contribution in [0, 0.1) is 13.8 Å². The highest BCUT2D eigenvalue weighted by molar-refractivity contribution is 7.91. The van der Waals surface area contributed by atoms with E-state index in [1.54, 1.807) is 73.6 Å². The maximum Gasteiger partial charge on any atom is 0.248 e. The number of hydrogen-bond donors (Lipinski definition) is 2. The van der Waals surface area contributed by atoms with E-state index in [1.807, 2.05) is 92.1 Å². The third-order valence-corrected chi connectivity index (χ3v) is 16.8. The van der Waals surface area contributed by atoms with Crippen LogP contribution in [0.3, 0.4) is 0 Å². The van der Waals surface area contributed by atoms with Crippen LogP contribution in [0.15, 0.2) is 180 Å². The summed E-state index contributed by atoms with van der Waals surface area (Å²) in [6.45, 7) is 13.2. The Hall–Kier alpha value is -7.70. The van der Waals surface area contributed by atoms with Crippen LogP contribution < -0.4 is 20.1 Å². The first-order valence-corrected chi connectivity index (χ1v) is 31.4. The summed E-state index contributed by atoms with van der Waals surface area (Å²) in [7, 11) is 0. The summed E-state index contributed by atoms with van der Waals surface area (Å²) in [6.07, 6.45) is 19.9. The predicted molar refractivity (Wildman–Crippen MR) is 338 cm³/mol. The quantitative estimate of drug-likeness (QED) is 0.0229. The number of aryl methyl sites for hydroxylation is 4. The van der Waals surface area contributed by atoms with E-state index in [0.29, 0.717) is 65.7 Å². The molecule has 0 aliphatic heterocycles. The van der Waals surface area contributed by atoms with Gasteiger partial charge in [-0.15, -0.1) is 0 Å². The number of ether oxygens (including phenoxy) is 4. The minimum Gasteiger partial charge on any atom is -0.611 e. The van der Waals surface area contributed by atoms with Gasteiger partial charge in [-0.05, 0) is 204 Å². The third kappa shape index (κ3) is 19.4. The second-order valence-electron chi connectivity index (χ2n) is 20.3. The third-order valence-electron chi connectivity index (χ3n) is 14.1. The van der Waals surface area contributed by atoms with Crippen LogP contribution in [-0.4, -0.2) is 79.7 Å². The smallest absolute Gasteiger partial charge is 0.248 e. The first-order chi connectivity index (χ1) is 41.0. The molecule has 14 nitrogen and oxygen atoms in total. The lowest BCUT2D eigenvalue weighted by Crippen LogP contribution is -2.11. The first-order valence-electron chi connectivity index (χ1n) is 28.8. The van der Waals surface area contributed by atoms with Gasteiger partial charge < -0.3 is 47.8 Å². The summed E-state index contributed by atoms with van der Waals surface area (Å²) in [4.78, 5) is 35.7. The molecule has 0 saturated carbocycles. The van der Waals surface area contributed by atoms with E-state index in [1.165, 1.54) is 12.2 Å². The van der Waals surface area contributed by atoms with E-state index in [0.717, 1.165) is 126 Å². The number of benzene rings is 6. The fourth-order valence-electron chi connectivity index (χ4n) is 9.15. The summed E-state index contributed by atoms with van der Waals surface area (Å²) < 4.78 is 53.7. The Labute approximate surface area is 500 Å². The molecule has 16 heteroatoms. The number of amides is 2. The molecule has 2 heterocycles. The number of anilines is 2. The van der Waals surface area contributed by atoms with Gasteiger partial charge in [0.1, 0.15) is 24.7 Å². The second kappa shape index (κ2) is 33.0. The highest BCUT2D eigenvalue weighted by Crippen LogP contribution is 2.28. The highest BCUT2D eigenvalue weighted by atomic mass is 32.2. The molecule has 438 valence electrons. The molecule has 6 aromatic carbocycles. The zero-order valence-electron chi connectivity index (χ0n) is 48.5. The summed E-state index contributed by atoms with van der Waals surface area (Å²) in [6, 6.07) is 42.6. The molecule has 0 aliphatic carbocycles. The Balaban J connectivity index is 0.678. The van der Waals surface area contributed by atoms with E-state index in [-0.39, 0.29) is 11.8 Å². The van der Waals surface area contributed by atoms with Crippen molar-refractivity contribution in [2.45, 2.75) is 101 Å². The van der Waals surface area contributed by atoms with Gasteiger partial charge in [0, 0.05) is 49.8 Å². The van der Waals surface area contributed by atoms with E-state index in [4.69, 9.17) is 18.9 Å². The lowest BCUT2D eigenvalue weighted by molar-refractivity contribution is -0.112. The van der Waals surface area contributed by atoms with Gasteiger partial charge >= 0.3 is 0 Å². The molecule has 2 atom stereocenters. The number of carbonyl (C=O) groups is 2. The van der Waals surface area contributed by atoms with Gasteiger partial charge in [-0.2, -0.15) is 0 Å². The van der Waals surface area contributed by atoms with Crippen molar-refractivity contribution in [1.29, 1.82) is 0 Å². The number of rotatable bonds is 33. The van der Waals surface area contributed by atoms with Gasteiger partial charge in [-0.1, -0.05) is 74.7 Å². The van der Waals surface area contributed by atoms with Crippen LogP contribution in [0.1, 0.15) is 86.0 Å². The maximum atomic E-state index is 13.4. The molecule has 2 amide bonds. The molecule has 0 radical (unpaired) electrons. The fraction of sp³-hybridized carbons (Fsp3) is 0.294. The molecule has 0 aliphatic rings. The molecule has 0 fully saturated rings. The average molecular weight is 1170 g/mol. The lowest BCUT2D eigenvalue weighted by Gasteiger charge is -2.13. The Morgan fingerprint density at radius 2 is 0.952 bits per heavy atom. The van der Waals surface area contributed by atoms with Gasteiger partial charge in [0.05, 0.1) is 49.6 Å². The van der Waals surface area contributed by atoms with Crippen LogP contribution in [0.5, 0.6) is 11.5 Å². The van der Waals surface area contributed by atoms with Crippen molar-refractivity contribution in [3.63, 3.8) is 0 Å². The standard InChI is InChI=1S/C68H76N6O8S2/c1-5-7-37-79-39-41-81-63-26-16-53(17-27-63)57-14-12-51(3)56(43-57)21-35-68(76)72-60-24-32-66(33-25-60)84(78)48-62-46-70-50-74(62)36-10-8-9-11-38-80-40-42-82-64-28-18-54(19-29-64)58-15-13-52(4)55(44-58)20-34-67(75)71-59-22-30-65(31-23-59)83(77)47-61-45-69-49-73(61)6-2/h12-35,43-46,49-50H,5-11,36-42,47-48H2,1-4H3,(H,71,75)(H,72,76)/b34-20+,35-21+/t83-,84+/m1/s1. The van der Waals surface area contributed by atoms with E-state index < -0.39 is 22.4 Å². The fourth-order valence-corrected chi connectivity index (χ4v) is 11.4. The van der Waals surface area contributed by atoms with Gasteiger partial charge in [0.25, 0.3) is 0 Å². The Morgan fingerprint density at radius 1 is 0.512 bits per heavy atom. The number of nitrogens with one attached hydrogen (secondary N) is 2. The largest absolute Gasteiger partial charge is 0.611 e. The maximum absolute atomic E-state index is 13.4. The van der Waals surface area contributed by atoms with E-state index in [2.05, 4.69) is 62.4 Å². The van der Waals surface area contributed by atoms with Crippen LogP contribution in [-0.2, 0) is 66.0 Å². The highest BCUT2D eigenvalue weighted by Gasteiger charge is 2.17. The normalized spacial score (nSPS) is 12.2. The molecule has 8 aromatic rings. The molecule has 84 heavy (non-hydrogen) atoms. The van der Waals surface area contributed by atoms with Crippen molar-refractivity contribution in [3.05, 3.63) is 204 Å². The number of aromatic nitrogens is 4. The van der Waals surface area contributed by atoms with Crippen LogP contribution in [0.25, 0.3) is 34.4 Å². The van der Waals surface area contributed by atoms with Crippen LogP contribution in [0.2, 0.25) is 0 Å². The molecular weight excluding hydrogens is 1090 g/mol. The van der Waals surface area contributed by atoms with Gasteiger partial charge in [0.2, 0.25) is 11.8 Å². The Morgan fingerprint density at radius 3 is 1.43 bits per heavy atom. The molecule has 8 rings (SSSR count). The van der Waals surface area contributed by atoms with Gasteiger partial charge in [-0.25, -0.2) is 9.97 Å². The minimum atomic E-state index is -1.29. The summed E-state index contributed by atoms with van der Waals surface area (Å²) in [5.41, 5.74) is 11.2. The molecule has 2 aromatic heterocycles. The van der Waals surface area contributed by atoms with E-state index in [9.17, 15) is 18.7 Å². The number of carbonyl (C=O) groups excluding carboxylic acids is 2. The van der Waals surface area contributed by atoms with Crippen molar-refractivity contribution in [2.75, 3.05) is 50.3 Å². The lowest BCUT2D eigenvalue weighted by atomic mass is 9.99. The minimum absolute atomic E-state index is 0.257. The summed E-state index contributed by atoms with van der Waals surface area (Å²) >= 11 is -2.52. The van der Waals surface area contributed by atoms with Crippen molar-refractivity contribution in [1.82, 2.24) is 19.1 Å². The SMILES string of the molecule is CCCCOCCOc1ccc(-c2ccc(C)c(/C=C/C(=O)Nc3ccc([S@@+]([O-])Cc4cncn4CCCCCCOCCOc4ccc(-c5ccc(C)c(/C=C/C(=O)Nc6ccc([S@+]([O-])Cc7cncn7CC)cc6)c5)cc4)cc3)c2)cc1. The number of unbranched alkanes of at least 4 members (excludes halogenated alkanes) is 4. The summed E-state index contributed by atoms with van der Waals surface area (Å²) in [5.74, 6) is 1.76. The van der Waals surface area contributed by atoms with Crippen LogP contribution in [0.4, 0.5) is 11.4 Å². The zero-order chi connectivity index (χ0) is 58.9. The molecule has 2 N–H and O–H groups in total. The second-order valence-corrected chi connectivity index (χ2v) is 23.2. The Kier molecular flexibility index (Phi) is 24.5. The average Bonchev–Trinajstić information content (AvgIpc) is 4.22. The van der Waals surface area contributed by atoms with E-state index >= 15 is 0 Å².